The lowest BCUT2D eigenvalue weighted by atomic mass is 10.1. The third kappa shape index (κ3) is 5.77. The van der Waals surface area contributed by atoms with Crippen LogP contribution in [0.15, 0.2) is 53.4 Å². The number of methoxy groups -OCH3 is 1. The van der Waals surface area contributed by atoms with Crippen molar-refractivity contribution in [2.45, 2.75) is 18.2 Å². The fraction of sp³-hybridized carbons (Fsp3) is 0.316. The van der Waals surface area contributed by atoms with Crippen LogP contribution in [-0.2, 0) is 21.2 Å². The van der Waals surface area contributed by atoms with Gasteiger partial charge in [0.15, 0.2) is 0 Å². The molecule has 0 radical (unpaired) electrons. The number of sulfonamides is 1. The largest absolute Gasteiger partial charge is 0.465 e. The number of hydrogen-bond acceptors (Lipinski definition) is 5. The lowest BCUT2D eigenvalue weighted by Gasteiger charge is -2.22. The molecule has 0 aliphatic heterocycles. The quantitative estimate of drug-likeness (QED) is 0.672. The Kier molecular flexibility index (Phi) is 8.92. The molecule has 0 unspecified atom stereocenters. The van der Waals surface area contributed by atoms with Gasteiger partial charge in [0.1, 0.15) is 0 Å². The Labute approximate surface area is 166 Å². The summed E-state index contributed by atoms with van der Waals surface area (Å²) in [6.07, 6.45) is 0.579. The van der Waals surface area contributed by atoms with Crippen LogP contribution in [0.3, 0.4) is 0 Å². The third-order valence-corrected chi connectivity index (χ3v) is 6.02. The maximum Gasteiger partial charge on any atom is 0.338 e. The average Bonchev–Trinajstić information content (AvgIpc) is 2.65. The maximum atomic E-state index is 13.0. The van der Waals surface area contributed by atoms with E-state index in [4.69, 9.17) is 10.5 Å². The summed E-state index contributed by atoms with van der Waals surface area (Å²) in [4.78, 5) is 11.9. The van der Waals surface area contributed by atoms with Gasteiger partial charge in [0.2, 0.25) is 10.0 Å². The molecular weight excluding hydrogens is 388 g/mol. The zero-order valence-electron chi connectivity index (χ0n) is 15.4. The Bertz CT molecular complexity index is 857. The van der Waals surface area contributed by atoms with Gasteiger partial charge in [0.25, 0.3) is 0 Å². The van der Waals surface area contributed by atoms with E-state index in [0.29, 0.717) is 18.5 Å². The molecule has 0 aromatic heterocycles. The number of rotatable bonds is 8. The van der Waals surface area contributed by atoms with E-state index in [0.717, 1.165) is 5.56 Å². The van der Waals surface area contributed by atoms with E-state index >= 15 is 0 Å². The van der Waals surface area contributed by atoms with E-state index in [9.17, 15) is 13.2 Å². The summed E-state index contributed by atoms with van der Waals surface area (Å²) < 4.78 is 32.2. The molecule has 6 nitrogen and oxygen atoms in total. The highest BCUT2D eigenvalue weighted by molar-refractivity contribution is 7.89. The zero-order chi connectivity index (χ0) is 19.2. The summed E-state index contributed by atoms with van der Waals surface area (Å²) >= 11 is 0. The standard InChI is InChI=1S/C19H24N2O4S.ClH/c1-15-8-9-17(14-18(15)19(22)25-2)26(23,24)21(13-11-20)12-10-16-6-4-3-5-7-16;/h3-9,14H,10-13,20H2,1-2H3;1H. The SMILES string of the molecule is COC(=O)c1cc(S(=O)(=O)N(CCN)CCc2ccccc2)ccc1C.Cl. The monoisotopic (exact) mass is 412 g/mol. The molecule has 0 bridgehead atoms. The van der Waals surface area contributed by atoms with E-state index in [-0.39, 0.29) is 36.0 Å². The first-order valence-corrected chi connectivity index (χ1v) is 9.77. The molecule has 2 N–H and O–H groups in total. The van der Waals surface area contributed by atoms with Crippen LogP contribution in [0, 0.1) is 6.92 Å². The molecule has 0 aliphatic carbocycles. The first-order chi connectivity index (χ1) is 12.4. The van der Waals surface area contributed by atoms with Crippen molar-refractivity contribution in [1.82, 2.24) is 4.31 Å². The van der Waals surface area contributed by atoms with Gasteiger partial charge in [-0.3, -0.25) is 0 Å². The fourth-order valence-electron chi connectivity index (χ4n) is 2.64. The van der Waals surface area contributed by atoms with Gasteiger partial charge in [0, 0.05) is 19.6 Å². The number of aryl methyl sites for hydroxylation is 1. The highest BCUT2D eigenvalue weighted by Crippen LogP contribution is 2.20. The first kappa shape index (κ1) is 23.1. The Morgan fingerprint density at radius 1 is 1.11 bits per heavy atom. The van der Waals surface area contributed by atoms with Crippen molar-refractivity contribution < 1.29 is 17.9 Å². The van der Waals surface area contributed by atoms with Gasteiger partial charge in [-0.05, 0) is 36.6 Å². The van der Waals surface area contributed by atoms with E-state index < -0.39 is 16.0 Å². The highest BCUT2D eigenvalue weighted by Gasteiger charge is 2.25. The van der Waals surface area contributed by atoms with Gasteiger partial charge >= 0.3 is 5.97 Å². The fourth-order valence-corrected chi connectivity index (χ4v) is 4.12. The molecular formula is C19H25ClN2O4S. The van der Waals surface area contributed by atoms with Crippen molar-refractivity contribution in [2.75, 3.05) is 26.7 Å². The Morgan fingerprint density at radius 3 is 2.37 bits per heavy atom. The first-order valence-electron chi connectivity index (χ1n) is 8.33. The third-order valence-electron chi connectivity index (χ3n) is 4.12. The smallest absolute Gasteiger partial charge is 0.338 e. The van der Waals surface area contributed by atoms with Crippen LogP contribution in [0.2, 0.25) is 0 Å². The van der Waals surface area contributed by atoms with Crippen molar-refractivity contribution in [2.24, 2.45) is 5.73 Å². The van der Waals surface area contributed by atoms with E-state index in [1.165, 1.54) is 23.5 Å². The number of hydrogen-bond donors (Lipinski definition) is 1. The molecule has 27 heavy (non-hydrogen) atoms. The zero-order valence-corrected chi connectivity index (χ0v) is 17.1. The van der Waals surface area contributed by atoms with Crippen molar-refractivity contribution >= 4 is 28.4 Å². The Balaban J connectivity index is 0.00000364. The number of esters is 1. The molecule has 2 aromatic rings. The molecule has 0 saturated carbocycles. The van der Waals surface area contributed by atoms with Gasteiger partial charge in [-0.25, -0.2) is 13.2 Å². The molecule has 0 saturated heterocycles. The lowest BCUT2D eigenvalue weighted by molar-refractivity contribution is 0.0599. The Morgan fingerprint density at radius 2 is 1.78 bits per heavy atom. The molecule has 148 valence electrons. The van der Waals surface area contributed by atoms with Crippen LogP contribution < -0.4 is 5.73 Å². The molecule has 0 amide bonds. The second-order valence-electron chi connectivity index (χ2n) is 5.90. The topological polar surface area (TPSA) is 89.7 Å². The predicted octanol–water partition coefficient (Wildman–Crippen LogP) is 2.40. The molecule has 8 heteroatoms. The number of ether oxygens (including phenoxy) is 1. The normalized spacial score (nSPS) is 11.1. The van der Waals surface area contributed by atoms with Gasteiger partial charge in [-0.2, -0.15) is 4.31 Å². The van der Waals surface area contributed by atoms with Gasteiger partial charge in [-0.1, -0.05) is 36.4 Å². The summed E-state index contributed by atoms with van der Waals surface area (Å²) in [5.41, 5.74) is 7.56. The van der Waals surface area contributed by atoms with E-state index in [1.807, 2.05) is 30.3 Å². The molecule has 0 spiro atoms. The number of benzene rings is 2. The minimum absolute atomic E-state index is 0. The number of nitrogens with zero attached hydrogens (tertiary/aromatic N) is 1. The maximum absolute atomic E-state index is 13.0. The number of halogens is 1. The second-order valence-corrected chi connectivity index (χ2v) is 7.83. The van der Waals surface area contributed by atoms with Gasteiger partial charge < -0.3 is 10.5 Å². The van der Waals surface area contributed by atoms with Gasteiger partial charge in [-0.15, -0.1) is 12.4 Å². The van der Waals surface area contributed by atoms with Crippen LogP contribution >= 0.6 is 12.4 Å². The molecule has 2 aromatic carbocycles. The minimum atomic E-state index is -3.77. The van der Waals surface area contributed by atoms with Crippen LogP contribution in [0.1, 0.15) is 21.5 Å². The van der Waals surface area contributed by atoms with Crippen molar-refractivity contribution in [3.05, 3.63) is 65.2 Å². The molecule has 2 rings (SSSR count). The molecule has 0 fully saturated rings. The Hall–Kier alpha value is -1.93. The van der Waals surface area contributed by atoms with Crippen molar-refractivity contribution in [1.29, 1.82) is 0 Å². The van der Waals surface area contributed by atoms with Crippen molar-refractivity contribution in [3.63, 3.8) is 0 Å². The second kappa shape index (κ2) is 10.4. The highest BCUT2D eigenvalue weighted by atomic mass is 35.5. The average molecular weight is 413 g/mol. The van der Waals surface area contributed by atoms with Gasteiger partial charge in [0.05, 0.1) is 17.6 Å². The van der Waals surface area contributed by atoms with Crippen LogP contribution in [0.25, 0.3) is 0 Å². The summed E-state index contributed by atoms with van der Waals surface area (Å²) in [6, 6.07) is 14.1. The number of carbonyl (C=O) groups is 1. The lowest BCUT2D eigenvalue weighted by Crippen LogP contribution is -2.37. The van der Waals surface area contributed by atoms with Crippen LogP contribution in [-0.4, -0.2) is 45.4 Å². The molecule has 0 atom stereocenters. The van der Waals surface area contributed by atoms with E-state index in [2.05, 4.69) is 0 Å². The van der Waals surface area contributed by atoms with E-state index in [1.54, 1.807) is 13.0 Å². The van der Waals surface area contributed by atoms with Crippen molar-refractivity contribution in [3.8, 4) is 0 Å². The number of carbonyl (C=O) groups excluding carboxylic acids is 1. The van der Waals surface area contributed by atoms with Crippen LogP contribution in [0.4, 0.5) is 0 Å². The minimum Gasteiger partial charge on any atom is -0.465 e. The summed E-state index contributed by atoms with van der Waals surface area (Å²) in [7, 11) is -2.50. The summed E-state index contributed by atoms with van der Waals surface area (Å²) in [5.74, 6) is -0.561. The van der Waals surface area contributed by atoms with Crippen LogP contribution in [0.5, 0.6) is 0 Å². The molecule has 0 aliphatic rings. The number of nitrogens with two attached hydrogens (primary N) is 1. The predicted molar refractivity (Wildman–Crippen MR) is 108 cm³/mol. The summed E-state index contributed by atoms with van der Waals surface area (Å²) in [5, 5.41) is 0. The molecule has 0 heterocycles. The summed E-state index contributed by atoms with van der Waals surface area (Å²) in [6.45, 7) is 2.46.